The molecule has 10 rings (SSSR count). The fourth-order valence-corrected chi connectivity index (χ4v) is 3.95. The Balaban J connectivity index is 0.0000000992. The van der Waals surface area contributed by atoms with Crippen LogP contribution in [0.5, 0.6) is 0 Å². The summed E-state index contributed by atoms with van der Waals surface area (Å²) in [4.78, 5) is 15.6. The lowest BCUT2D eigenvalue weighted by atomic mass is 10.3. The van der Waals surface area contributed by atoms with Crippen LogP contribution in [0.3, 0.4) is 0 Å². The smallest absolute Gasteiger partial charge is 0.245 e. The molecule has 11 heteroatoms. The molecule has 0 spiro atoms. The maximum Gasteiger partial charge on any atom is 0.245 e. The highest BCUT2D eigenvalue weighted by atomic mass is 16.3. The molecule has 9 aromatic heterocycles. The number of hydrogen-bond donors (Lipinski definition) is 0. The van der Waals surface area contributed by atoms with Crippen molar-refractivity contribution < 1.29 is 22.1 Å². The van der Waals surface area contributed by atoms with Crippen molar-refractivity contribution in [3.8, 4) is 0 Å². The van der Waals surface area contributed by atoms with Crippen LogP contribution in [0.15, 0.2) is 170 Å². The summed E-state index contributed by atoms with van der Waals surface area (Å²) in [5, 5.41) is 12.6. The number of benzene rings is 1. The van der Waals surface area contributed by atoms with Crippen molar-refractivity contribution in [1.29, 1.82) is 0 Å². The van der Waals surface area contributed by atoms with Crippen LogP contribution in [-0.4, -0.2) is 30.1 Å². The molecule has 0 atom stereocenters. The van der Waals surface area contributed by atoms with Gasteiger partial charge in [0.05, 0.1) is 42.9 Å². The van der Waals surface area contributed by atoms with Gasteiger partial charge in [0, 0.05) is 46.3 Å². The minimum atomic E-state index is 0.595. The van der Waals surface area contributed by atoms with Gasteiger partial charge in [0.25, 0.3) is 0 Å². The van der Waals surface area contributed by atoms with Gasteiger partial charge in [-0.05, 0) is 60.7 Å². The Morgan fingerprint density at radius 2 is 1.02 bits per heavy atom. The van der Waals surface area contributed by atoms with E-state index in [1.54, 1.807) is 62.3 Å². The number of aromatic nitrogens is 6. The van der Waals surface area contributed by atoms with E-state index in [2.05, 4.69) is 30.1 Å². The fraction of sp³-hybridized carbons (Fsp3) is 0. The van der Waals surface area contributed by atoms with Gasteiger partial charge in [-0.3, -0.25) is 4.98 Å². The van der Waals surface area contributed by atoms with E-state index in [0.29, 0.717) is 17.1 Å². The molecule has 0 bridgehead atoms. The zero-order valence-corrected chi connectivity index (χ0v) is 23.6. The molecule has 11 nitrogen and oxygen atoms in total. The van der Waals surface area contributed by atoms with Crippen LogP contribution in [0, 0.1) is 0 Å². The van der Waals surface area contributed by atoms with E-state index in [0.717, 1.165) is 38.1 Å². The molecule has 9 heterocycles. The number of furan rings is 5. The molecule has 0 amide bonds. The summed E-state index contributed by atoms with van der Waals surface area (Å²) in [7, 11) is 0. The number of nitrogens with zero attached hydrogens (tertiary/aromatic N) is 6. The van der Waals surface area contributed by atoms with E-state index in [9.17, 15) is 0 Å². The number of rotatable bonds is 0. The molecule has 0 aliphatic heterocycles. The molecule has 0 saturated heterocycles. The quantitative estimate of drug-likeness (QED) is 0.166. The Kier molecular flexibility index (Phi) is 9.19. The second-order valence-corrected chi connectivity index (χ2v) is 9.03. The van der Waals surface area contributed by atoms with Gasteiger partial charge >= 0.3 is 0 Å². The zero-order chi connectivity index (χ0) is 30.5. The molecular weight excluding hydrogens is 572 g/mol. The minimum Gasteiger partial charge on any atom is -0.464 e. The van der Waals surface area contributed by atoms with Crippen LogP contribution in [0.2, 0.25) is 0 Å². The summed E-state index contributed by atoms with van der Waals surface area (Å²) in [6.45, 7) is 0. The van der Waals surface area contributed by atoms with Gasteiger partial charge in [-0.25, -0.2) is 15.0 Å². The van der Waals surface area contributed by atoms with E-state index < -0.39 is 0 Å². The first-order chi connectivity index (χ1) is 22.3. The van der Waals surface area contributed by atoms with Gasteiger partial charge < -0.3 is 22.1 Å². The van der Waals surface area contributed by atoms with Crippen molar-refractivity contribution in [3.63, 3.8) is 0 Å². The summed E-state index contributed by atoms with van der Waals surface area (Å²) in [6, 6.07) is 24.9. The van der Waals surface area contributed by atoms with Crippen molar-refractivity contribution in [2.45, 2.75) is 0 Å². The van der Waals surface area contributed by atoms with Gasteiger partial charge in [0.15, 0.2) is 0 Å². The summed E-state index contributed by atoms with van der Waals surface area (Å²) >= 11 is 0. The number of hydrogen-bond acceptors (Lipinski definition) is 11. The molecule has 1 aromatic carbocycles. The molecule has 0 aliphatic rings. The van der Waals surface area contributed by atoms with Crippen LogP contribution in [0.4, 0.5) is 0 Å². The molecule has 0 unspecified atom stereocenters. The van der Waals surface area contributed by atoms with Crippen LogP contribution in [-0.2, 0) is 0 Å². The standard InChI is InChI=1S/C8H6O.2C7H5NO.2C6H4N2O/c1-2-4-8-7(3-1)5-6-9-8;1-3-8-5-6-2-4-9-7(1)6;1-2-6-3-5-9-7(6)8-4-1;1-3-7-8-6-5(1)2-4-9-6;1-2-9-6-5(1)3-7-4-8-6/h1-6H;2*1-5H;2*1-4H. The average Bonchev–Trinajstić information content (AvgIpc) is 3.95. The molecule has 0 fully saturated rings. The third kappa shape index (κ3) is 7.62. The van der Waals surface area contributed by atoms with Gasteiger partial charge in [-0.15, -0.1) is 5.10 Å². The van der Waals surface area contributed by atoms with Crippen molar-refractivity contribution in [2.24, 2.45) is 0 Å². The first kappa shape index (κ1) is 28.5. The molecular formula is C34H24N6O5. The van der Waals surface area contributed by atoms with Gasteiger partial charge in [-0.1, -0.05) is 18.2 Å². The second-order valence-electron chi connectivity index (χ2n) is 9.03. The number of para-hydroxylation sites is 1. The first-order valence-corrected chi connectivity index (χ1v) is 13.6. The number of pyridine rings is 2. The summed E-state index contributed by atoms with van der Waals surface area (Å²) in [5.41, 5.74) is 3.79. The SMILES string of the molecule is c1cc2ccoc2nn1.c1cc2occc2cn1.c1ccc2occc2c1.c1cnc2occc2c1.c1ncc2ccoc2n1. The lowest BCUT2D eigenvalue weighted by Gasteiger charge is -1.81. The normalized spacial score (nSPS) is 10.2. The summed E-state index contributed by atoms with van der Waals surface area (Å²) in [6.07, 6.45) is 18.2. The van der Waals surface area contributed by atoms with E-state index >= 15 is 0 Å². The summed E-state index contributed by atoms with van der Waals surface area (Å²) < 4.78 is 25.1. The molecule has 0 aliphatic carbocycles. The molecule has 0 radical (unpaired) electrons. The van der Waals surface area contributed by atoms with Crippen LogP contribution in [0.1, 0.15) is 0 Å². The Hall–Kier alpha value is -6.62. The molecule has 0 N–H and O–H groups in total. The maximum atomic E-state index is 5.12. The third-order valence-electron chi connectivity index (χ3n) is 6.12. The maximum absolute atomic E-state index is 5.12. The van der Waals surface area contributed by atoms with Crippen molar-refractivity contribution in [3.05, 3.63) is 147 Å². The van der Waals surface area contributed by atoms with Gasteiger partial charge in [-0.2, -0.15) is 5.10 Å². The predicted molar refractivity (Wildman–Crippen MR) is 168 cm³/mol. The highest BCUT2D eigenvalue weighted by molar-refractivity contribution is 5.77. The Morgan fingerprint density at radius 1 is 0.400 bits per heavy atom. The Labute approximate surface area is 254 Å². The Bertz CT molecular complexity index is 1800. The van der Waals surface area contributed by atoms with E-state index in [4.69, 9.17) is 22.1 Å². The topological polar surface area (TPSA) is 143 Å². The molecule has 10 aromatic rings. The van der Waals surface area contributed by atoms with E-state index in [1.165, 1.54) is 6.33 Å². The van der Waals surface area contributed by atoms with Crippen LogP contribution in [0.25, 0.3) is 55.2 Å². The molecule has 45 heavy (non-hydrogen) atoms. The second kappa shape index (κ2) is 14.5. The van der Waals surface area contributed by atoms with Crippen LogP contribution < -0.4 is 0 Å². The van der Waals surface area contributed by atoms with E-state index in [-0.39, 0.29) is 0 Å². The predicted octanol–water partition coefficient (Wildman–Crippen LogP) is 8.53. The van der Waals surface area contributed by atoms with Crippen molar-refractivity contribution in [1.82, 2.24) is 30.1 Å². The Morgan fingerprint density at radius 3 is 1.78 bits per heavy atom. The lowest BCUT2D eigenvalue weighted by molar-refractivity contribution is 0.596. The van der Waals surface area contributed by atoms with Crippen molar-refractivity contribution in [2.75, 3.05) is 0 Å². The largest absolute Gasteiger partial charge is 0.464 e. The zero-order valence-electron chi connectivity index (χ0n) is 23.6. The average molecular weight is 597 g/mol. The minimum absolute atomic E-state index is 0.595. The molecule has 0 saturated carbocycles. The van der Waals surface area contributed by atoms with Crippen molar-refractivity contribution >= 4 is 55.2 Å². The van der Waals surface area contributed by atoms with Gasteiger partial charge in [0.2, 0.25) is 17.1 Å². The lowest BCUT2D eigenvalue weighted by Crippen LogP contribution is -1.75. The number of fused-ring (bicyclic) bond motifs is 5. The highest BCUT2D eigenvalue weighted by Gasteiger charge is 1.94. The van der Waals surface area contributed by atoms with E-state index in [1.807, 2.05) is 78.9 Å². The monoisotopic (exact) mass is 596 g/mol. The third-order valence-corrected chi connectivity index (χ3v) is 6.12. The first-order valence-electron chi connectivity index (χ1n) is 13.6. The van der Waals surface area contributed by atoms with Crippen LogP contribution >= 0.6 is 0 Å². The fourth-order valence-electron chi connectivity index (χ4n) is 3.95. The van der Waals surface area contributed by atoms with Gasteiger partial charge in [0.1, 0.15) is 17.5 Å². The molecule has 220 valence electrons. The summed E-state index contributed by atoms with van der Waals surface area (Å²) in [5.74, 6) is 0. The highest BCUT2D eigenvalue weighted by Crippen LogP contribution is 2.14.